The smallest absolute Gasteiger partial charge is 0.287 e. The number of carbonyl (C=O) groups is 2. The molecule has 7 heteroatoms. The molecule has 7 nitrogen and oxygen atoms in total. The number of anilines is 1. The van der Waals surface area contributed by atoms with Crippen LogP contribution in [0.2, 0.25) is 0 Å². The van der Waals surface area contributed by atoms with E-state index in [1.165, 1.54) is 5.56 Å². The van der Waals surface area contributed by atoms with E-state index in [0.717, 1.165) is 0 Å². The molecule has 2 heterocycles. The van der Waals surface area contributed by atoms with Gasteiger partial charge in [-0.3, -0.25) is 14.0 Å². The number of nitrogens with zero attached hydrogens (tertiary/aromatic N) is 2. The van der Waals surface area contributed by atoms with Crippen molar-refractivity contribution in [1.82, 2.24) is 14.7 Å². The fraction of sp³-hybridized carbons (Fsp3) is 0.318. The number of fused-ring (bicyclic) bond motifs is 1. The number of nitrogens with one attached hydrogen (secondary N) is 2. The number of hydrogen-bond acceptors (Lipinski definition) is 4. The van der Waals surface area contributed by atoms with Crippen LogP contribution in [-0.2, 0) is 4.74 Å². The van der Waals surface area contributed by atoms with Gasteiger partial charge in [0.2, 0.25) is 5.82 Å². The van der Waals surface area contributed by atoms with E-state index >= 15 is 0 Å². The molecule has 0 saturated carbocycles. The number of methoxy groups -OCH3 is 1. The predicted octanol–water partition coefficient (Wildman–Crippen LogP) is 3.48. The number of aromatic nitrogens is 2. The first-order valence-corrected chi connectivity index (χ1v) is 9.66. The summed E-state index contributed by atoms with van der Waals surface area (Å²) in [7, 11) is 1.62. The topological polar surface area (TPSA) is 84.7 Å². The summed E-state index contributed by atoms with van der Waals surface area (Å²) in [5, 5.41) is 5.68. The third-order valence-corrected chi connectivity index (χ3v) is 4.61. The summed E-state index contributed by atoms with van der Waals surface area (Å²) in [6.07, 6.45) is 2.42. The van der Waals surface area contributed by atoms with E-state index in [4.69, 9.17) is 4.74 Å². The molecule has 0 aliphatic carbocycles. The Morgan fingerprint density at radius 1 is 1.10 bits per heavy atom. The average Bonchev–Trinajstić information content (AvgIpc) is 3.11. The zero-order valence-corrected chi connectivity index (χ0v) is 16.9. The number of benzene rings is 1. The highest BCUT2D eigenvalue weighted by Crippen LogP contribution is 2.19. The lowest BCUT2D eigenvalue weighted by atomic mass is 10.0. The molecule has 0 spiro atoms. The van der Waals surface area contributed by atoms with Crippen LogP contribution in [0.4, 0.5) is 5.69 Å². The van der Waals surface area contributed by atoms with E-state index in [2.05, 4.69) is 29.5 Å². The lowest BCUT2D eigenvalue weighted by molar-refractivity contribution is 0.0937. The van der Waals surface area contributed by atoms with E-state index in [-0.39, 0.29) is 23.3 Å². The van der Waals surface area contributed by atoms with Crippen LogP contribution in [0, 0.1) is 0 Å². The fourth-order valence-corrected chi connectivity index (χ4v) is 3.00. The van der Waals surface area contributed by atoms with Gasteiger partial charge in [-0.15, -0.1) is 0 Å². The van der Waals surface area contributed by atoms with Crippen molar-refractivity contribution in [2.24, 2.45) is 0 Å². The van der Waals surface area contributed by atoms with Gasteiger partial charge in [-0.2, -0.15) is 0 Å². The summed E-state index contributed by atoms with van der Waals surface area (Å²) in [6.45, 7) is 5.27. The minimum Gasteiger partial charge on any atom is -0.385 e. The zero-order chi connectivity index (χ0) is 20.8. The summed E-state index contributed by atoms with van der Waals surface area (Å²) in [5.74, 6) is -0.0906. The zero-order valence-electron chi connectivity index (χ0n) is 16.9. The number of hydrogen-bond donors (Lipinski definition) is 2. The average molecular weight is 394 g/mol. The number of amides is 2. The van der Waals surface area contributed by atoms with Crippen molar-refractivity contribution in [3.63, 3.8) is 0 Å². The van der Waals surface area contributed by atoms with Gasteiger partial charge in [-0.1, -0.05) is 32.0 Å². The summed E-state index contributed by atoms with van der Waals surface area (Å²) in [6, 6.07) is 13.1. The van der Waals surface area contributed by atoms with Crippen LogP contribution >= 0.6 is 0 Å². The third-order valence-electron chi connectivity index (χ3n) is 4.61. The molecule has 0 fully saturated rings. The van der Waals surface area contributed by atoms with Crippen LogP contribution in [0.3, 0.4) is 0 Å². The molecular formula is C22H26N4O3. The lowest BCUT2D eigenvalue weighted by Gasteiger charge is -2.07. The van der Waals surface area contributed by atoms with Crippen LogP contribution in [0.1, 0.15) is 52.9 Å². The van der Waals surface area contributed by atoms with Gasteiger partial charge in [0.05, 0.1) is 5.52 Å². The first kappa shape index (κ1) is 20.5. The Morgan fingerprint density at radius 3 is 2.55 bits per heavy atom. The number of ether oxygens (including phenoxy) is 1. The van der Waals surface area contributed by atoms with E-state index < -0.39 is 0 Å². The van der Waals surface area contributed by atoms with Crippen molar-refractivity contribution in [3.05, 3.63) is 65.7 Å². The van der Waals surface area contributed by atoms with Crippen LogP contribution in [0.15, 0.2) is 48.7 Å². The van der Waals surface area contributed by atoms with Gasteiger partial charge in [0, 0.05) is 32.1 Å². The Balaban J connectivity index is 1.81. The molecule has 152 valence electrons. The molecule has 0 atom stereocenters. The first-order valence-electron chi connectivity index (χ1n) is 9.66. The van der Waals surface area contributed by atoms with Gasteiger partial charge in [0.15, 0.2) is 5.69 Å². The maximum atomic E-state index is 12.8. The summed E-state index contributed by atoms with van der Waals surface area (Å²) >= 11 is 0. The molecule has 0 bridgehead atoms. The maximum absolute atomic E-state index is 12.8. The fourth-order valence-electron chi connectivity index (χ4n) is 3.00. The van der Waals surface area contributed by atoms with Crippen LogP contribution in [-0.4, -0.2) is 41.5 Å². The number of pyridine rings is 1. The summed E-state index contributed by atoms with van der Waals surface area (Å²) < 4.78 is 6.61. The molecule has 3 rings (SSSR count). The molecule has 2 amide bonds. The highest BCUT2D eigenvalue weighted by atomic mass is 16.5. The van der Waals surface area contributed by atoms with E-state index in [1.807, 2.05) is 30.3 Å². The molecule has 2 N–H and O–H groups in total. The Morgan fingerprint density at radius 2 is 1.86 bits per heavy atom. The minimum absolute atomic E-state index is 0.179. The molecular weight excluding hydrogens is 368 g/mol. The Hall–Kier alpha value is -3.19. The molecule has 0 radical (unpaired) electrons. The largest absolute Gasteiger partial charge is 0.385 e. The number of imidazole rings is 1. The van der Waals surface area contributed by atoms with Crippen molar-refractivity contribution in [3.8, 4) is 0 Å². The minimum atomic E-state index is -0.357. The SMILES string of the molecule is COCCCNC(=O)c1nc(C(=O)Nc2ccc(C(C)C)cc2)c2ccccn12. The lowest BCUT2D eigenvalue weighted by Crippen LogP contribution is -2.27. The third kappa shape index (κ3) is 4.81. The molecule has 0 aliphatic rings. The molecule has 3 aromatic rings. The Labute approximate surface area is 170 Å². The summed E-state index contributed by atoms with van der Waals surface area (Å²) in [5.41, 5.74) is 2.66. The second kappa shape index (κ2) is 9.34. The van der Waals surface area contributed by atoms with Crippen LogP contribution in [0.5, 0.6) is 0 Å². The van der Waals surface area contributed by atoms with E-state index in [9.17, 15) is 9.59 Å². The van der Waals surface area contributed by atoms with Crippen LogP contribution < -0.4 is 10.6 Å². The molecule has 29 heavy (non-hydrogen) atoms. The van der Waals surface area contributed by atoms with E-state index in [0.29, 0.717) is 36.7 Å². The standard InChI is InChI=1S/C22H26N4O3/c1-15(2)16-8-10-17(11-9-16)24-21(27)19-18-7-4-5-13-26(18)20(25-19)22(28)23-12-6-14-29-3/h4-5,7-11,13,15H,6,12,14H2,1-3H3,(H,23,28)(H,24,27). The van der Waals surface area contributed by atoms with Crippen LogP contribution in [0.25, 0.3) is 5.52 Å². The van der Waals surface area contributed by atoms with Crippen molar-refractivity contribution >= 4 is 23.0 Å². The molecule has 1 aromatic carbocycles. The van der Waals surface area contributed by atoms with Crippen molar-refractivity contribution in [1.29, 1.82) is 0 Å². The number of rotatable bonds is 8. The monoisotopic (exact) mass is 394 g/mol. The van der Waals surface area contributed by atoms with Gasteiger partial charge in [0.25, 0.3) is 11.8 Å². The van der Waals surface area contributed by atoms with E-state index in [1.54, 1.807) is 29.8 Å². The Kier molecular flexibility index (Phi) is 6.61. The second-order valence-corrected chi connectivity index (χ2v) is 7.07. The molecule has 0 unspecified atom stereocenters. The highest BCUT2D eigenvalue weighted by molar-refractivity contribution is 6.08. The summed E-state index contributed by atoms with van der Waals surface area (Å²) in [4.78, 5) is 29.7. The van der Waals surface area contributed by atoms with Crippen molar-refractivity contribution in [2.75, 3.05) is 25.6 Å². The van der Waals surface area contributed by atoms with Gasteiger partial charge < -0.3 is 15.4 Å². The predicted molar refractivity (Wildman–Crippen MR) is 113 cm³/mol. The van der Waals surface area contributed by atoms with Crippen molar-refractivity contribution in [2.45, 2.75) is 26.2 Å². The molecule has 2 aromatic heterocycles. The Bertz CT molecular complexity index is 993. The van der Waals surface area contributed by atoms with Crippen molar-refractivity contribution < 1.29 is 14.3 Å². The van der Waals surface area contributed by atoms with Gasteiger partial charge in [-0.05, 0) is 42.2 Å². The van der Waals surface area contributed by atoms with Gasteiger partial charge in [-0.25, -0.2) is 4.98 Å². The maximum Gasteiger partial charge on any atom is 0.287 e. The highest BCUT2D eigenvalue weighted by Gasteiger charge is 2.21. The molecule has 0 aliphatic heterocycles. The molecule has 0 saturated heterocycles. The quantitative estimate of drug-likeness (QED) is 0.573. The van der Waals surface area contributed by atoms with Gasteiger partial charge >= 0.3 is 0 Å². The second-order valence-electron chi connectivity index (χ2n) is 7.07. The van der Waals surface area contributed by atoms with Gasteiger partial charge in [0.1, 0.15) is 0 Å². The first-order chi connectivity index (χ1) is 14.0. The normalized spacial score (nSPS) is 11.0. The number of carbonyl (C=O) groups excluding carboxylic acids is 2.